The zero-order chi connectivity index (χ0) is 10.7. The largest absolute Gasteiger partial charge is 0.253 e. The maximum Gasteiger partial charge on any atom is 0.0737 e. The topological polar surface area (TPSA) is 12.9 Å². The summed E-state index contributed by atoms with van der Waals surface area (Å²) in [4.78, 5) is 4.74. The maximum absolute atomic E-state index is 4.74. The van der Waals surface area contributed by atoms with E-state index < -0.39 is 0 Å². The molecule has 1 aromatic heterocycles. The smallest absolute Gasteiger partial charge is 0.0737 e. The normalized spacial score (nSPS) is 10.8. The number of rotatable bonds is 3. The van der Waals surface area contributed by atoms with Crippen molar-refractivity contribution in [1.29, 1.82) is 0 Å². The van der Waals surface area contributed by atoms with Crippen molar-refractivity contribution >= 4 is 10.9 Å². The molecule has 78 valence electrons. The Bertz CT molecular complexity index is 460. The van der Waals surface area contributed by atoms with Crippen LogP contribution in [0.3, 0.4) is 0 Å². The summed E-state index contributed by atoms with van der Waals surface area (Å²) in [5, 5.41) is 1.26. The van der Waals surface area contributed by atoms with Gasteiger partial charge in [-0.05, 0) is 24.5 Å². The number of fused-ring (bicyclic) bond motifs is 1. The van der Waals surface area contributed by atoms with E-state index in [2.05, 4.69) is 44.2 Å². The Labute approximate surface area is 91.2 Å². The Morgan fingerprint density at radius 3 is 2.67 bits per heavy atom. The van der Waals surface area contributed by atoms with Crippen LogP contribution in [0, 0.1) is 0 Å². The first-order valence-electron chi connectivity index (χ1n) is 5.72. The van der Waals surface area contributed by atoms with E-state index >= 15 is 0 Å². The molecule has 0 aliphatic heterocycles. The highest BCUT2D eigenvalue weighted by molar-refractivity contribution is 5.81. The quantitative estimate of drug-likeness (QED) is 0.733. The maximum atomic E-state index is 4.74. The Morgan fingerprint density at radius 2 is 1.93 bits per heavy atom. The average molecular weight is 199 g/mol. The van der Waals surface area contributed by atoms with Crippen molar-refractivity contribution in [2.75, 3.05) is 0 Å². The minimum atomic E-state index is 1.06. The molecule has 0 saturated carbocycles. The van der Waals surface area contributed by atoms with Crippen LogP contribution in [-0.2, 0) is 12.8 Å². The highest BCUT2D eigenvalue weighted by Crippen LogP contribution is 2.18. The molecule has 0 atom stereocenters. The molecular weight excluding hydrogens is 182 g/mol. The summed E-state index contributed by atoms with van der Waals surface area (Å²) in [5.41, 5.74) is 3.75. The molecular formula is C14H17N. The number of nitrogens with zero attached hydrogens (tertiary/aromatic N) is 1. The first-order valence-corrected chi connectivity index (χ1v) is 5.72. The molecule has 2 rings (SSSR count). The number of aromatic nitrogens is 1. The van der Waals surface area contributed by atoms with Crippen LogP contribution in [0.4, 0.5) is 0 Å². The van der Waals surface area contributed by atoms with E-state index in [1.807, 2.05) is 0 Å². The molecule has 0 radical (unpaired) electrons. The van der Waals surface area contributed by atoms with Crippen LogP contribution >= 0.6 is 0 Å². The third-order valence-corrected chi connectivity index (χ3v) is 2.75. The van der Waals surface area contributed by atoms with Gasteiger partial charge in [0.25, 0.3) is 0 Å². The Morgan fingerprint density at radius 1 is 1.07 bits per heavy atom. The second kappa shape index (κ2) is 4.43. The van der Waals surface area contributed by atoms with Crippen molar-refractivity contribution < 1.29 is 0 Å². The Balaban J connectivity index is 2.57. The van der Waals surface area contributed by atoms with E-state index in [9.17, 15) is 0 Å². The predicted octanol–water partition coefficient (Wildman–Crippen LogP) is 3.75. The number of para-hydroxylation sites is 1. The number of hydrogen-bond acceptors (Lipinski definition) is 1. The first kappa shape index (κ1) is 10.2. The SMILES string of the molecule is CCCc1ccc2cccc(CC)c2n1. The van der Waals surface area contributed by atoms with Gasteiger partial charge in [0.15, 0.2) is 0 Å². The van der Waals surface area contributed by atoms with E-state index in [4.69, 9.17) is 4.98 Å². The molecule has 1 heteroatoms. The Hall–Kier alpha value is -1.37. The third kappa shape index (κ3) is 2.01. The molecule has 0 unspecified atom stereocenters. The second-order valence-electron chi connectivity index (χ2n) is 3.89. The van der Waals surface area contributed by atoms with Crippen molar-refractivity contribution in [3.05, 3.63) is 41.6 Å². The lowest BCUT2D eigenvalue weighted by Gasteiger charge is -2.05. The van der Waals surface area contributed by atoms with Crippen LogP contribution in [0.25, 0.3) is 10.9 Å². The fourth-order valence-electron chi connectivity index (χ4n) is 1.93. The molecule has 0 aliphatic rings. The Kier molecular flexibility index (Phi) is 3.00. The minimum Gasteiger partial charge on any atom is -0.253 e. The fourth-order valence-corrected chi connectivity index (χ4v) is 1.93. The highest BCUT2D eigenvalue weighted by atomic mass is 14.7. The summed E-state index contributed by atoms with van der Waals surface area (Å²) >= 11 is 0. The molecule has 0 spiro atoms. The van der Waals surface area contributed by atoms with Gasteiger partial charge in [0.2, 0.25) is 0 Å². The van der Waals surface area contributed by atoms with Gasteiger partial charge in [-0.25, -0.2) is 0 Å². The van der Waals surface area contributed by atoms with Crippen molar-refractivity contribution in [2.45, 2.75) is 33.1 Å². The van der Waals surface area contributed by atoms with Gasteiger partial charge in [-0.1, -0.05) is 44.5 Å². The summed E-state index contributed by atoms with van der Waals surface area (Å²) in [7, 11) is 0. The van der Waals surface area contributed by atoms with Gasteiger partial charge in [0.1, 0.15) is 0 Å². The molecule has 0 fully saturated rings. The number of benzene rings is 1. The molecule has 0 N–H and O–H groups in total. The summed E-state index contributed by atoms with van der Waals surface area (Å²) in [6.45, 7) is 4.38. The van der Waals surface area contributed by atoms with E-state index in [1.165, 1.54) is 22.2 Å². The fraction of sp³-hybridized carbons (Fsp3) is 0.357. The average Bonchev–Trinajstić information content (AvgIpc) is 2.28. The van der Waals surface area contributed by atoms with Gasteiger partial charge in [0.05, 0.1) is 5.52 Å². The molecule has 1 heterocycles. The highest BCUT2D eigenvalue weighted by Gasteiger charge is 2.01. The lowest BCUT2D eigenvalue weighted by Crippen LogP contribution is -1.92. The van der Waals surface area contributed by atoms with E-state index in [-0.39, 0.29) is 0 Å². The summed E-state index contributed by atoms with van der Waals surface area (Å²) in [6.07, 6.45) is 3.29. The van der Waals surface area contributed by atoms with Gasteiger partial charge >= 0.3 is 0 Å². The zero-order valence-electron chi connectivity index (χ0n) is 9.46. The van der Waals surface area contributed by atoms with Crippen LogP contribution in [0.5, 0.6) is 0 Å². The van der Waals surface area contributed by atoms with Gasteiger partial charge in [-0.15, -0.1) is 0 Å². The minimum absolute atomic E-state index is 1.06. The first-order chi connectivity index (χ1) is 7.35. The van der Waals surface area contributed by atoms with Crippen LogP contribution in [0.15, 0.2) is 30.3 Å². The van der Waals surface area contributed by atoms with Crippen LogP contribution < -0.4 is 0 Å². The standard InChI is InChI=1S/C14H17N/c1-3-6-13-10-9-12-8-5-7-11(4-2)14(12)15-13/h5,7-10H,3-4,6H2,1-2H3. The number of pyridine rings is 1. The van der Waals surface area contributed by atoms with Crippen LogP contribution in [0.1, 0.15) is 31.5 Å². The van der Waals surface area contributed by atoms with Gasteiger partial charge < -0.3 is 0 Å². The molecule has 15 heavy (non-hydrogen) atoms. The van der Waals surface area contributed by atoms with E-state index in [0.717, 1.165) is 19.3 Å². The molecule has 1 aromatic carbocycles. The van der Waals surface area contributed by atoms with Crippen LogP contribution in [-0.4, -0.2) is 4.98 Å². The van der Waals surface area contributed by atoms with E-state index in [1.54, 1.807) is 0 Å². The third-order valence-electron chi connectivity index (χ3n) is 2.75. The second-order valence-corrected chi connectivity index (χ2v) is 3.89. The van der Waals surface area contributed by atoms with Crippen molar-refractivity contribution in [1.82, 2.24) is 4.98 Å². The molecule has 1 nitrogen and oxygen atoms in total. The lowest BCUT2D eigenvalue weighted by atomic mass is 10.1. The van der Waals surface area contributed by atoms with Gasteiger partial charge in [-0.2, -0.15) is 0 Å². The van der Waals surface area contributed by atoms with Crippen molar-refractivity contribution in [2.24, 2.45) is 0 Å². The molecule has 0 bridgehead atoms. The molecule has 0 saturated heterocycles. The van der Waals surface area contributed by atoms with E-state index in [0.29, 0.717) is 0 Å². The van der Waals surface area contributed by atoms with Gasteiger partial charge in [-0.3, -0.25) is 4.98 Å². The monoisotopic (exact) mass is 199 g/mol. The predicted molar refractivity (Wildman–Crippen MR) is 65.1 cm³/mol. The van der Waals surface area contributed by atoms with Crippen LogP contribution in [0.2, 0.25) is 0 Å². The summed E-state index contributed by atoms with van der Waals surface area (Å²) < 4.78 is 0. The molecule has 2 aromatic rings. The number of hydrogen-bond donors (Lipinski definition) is 0. The summed E-state index contributed by atoms with van der Waals surface area (Å²) in [6, 6.07) is 10.8. The molecule has 0 amide bonds. The summed E-state index contributed by atoms with van der Waals surface area (Å²) in [5.74, 6) is 0. The van der Waals surface area contributed by atoms with Gasteiger partial charge in [0, 0.05) is 11.1 Å². The number of aryl methyl sites for hydroxylation is 2. The van der Waals surface area contributed by atoms with Crippen molar-refractivity contribution in [3.8, 4) is 0 Å². The lowest BCUT2D eigenvalue weighted by molar-refractivity contribution is 0.888. The molecule has 0 aliphatic carbocycles. The van der Waals surface area contributed by atoms with Crippen molar-refractivity contribution in [3.63, 3.8) is 0 Å². The zero-order valence-corrected chi connectivity index (χ0v) is 9.46.